The summed E-state index contributed by atoms with van der Waals surface area (Å²) in [5.41, 5.74) is 7.38. The average Bonchev–Trinajstić information content (AvgIpc) is 2.97. The first-order chi connectivity index (χ1) is 9.53. The molecule has 0 saturated heterocycles. The van der Waals surface area contributed by atoms with Gasteiger partial charge in [0.1, 0.15) is 11.3 Å². The number of aromatic nitrogens is 1. The summed E-state index contributed by atoms with van der Waals surface area (Å²) in [7, 11) is -3.18. The summed E-state index contributed by atoms with van der Waals surface area (Å²) in [6, 6.07) is 5.23. The Morgan fingerprint density at radius 3 is 2.75 bits per heavy atom. The summed E-state index contributed by atoms with van der Waals surface area (Å²) >= 11 is 0. The minimum atomic E-state index is -3.18. The topological polar surface area (TPSA) is 86.2 Å². The van der Waals surface area contributed by atoms with Crippen molar-refractivity contribution in [1.29, 1.82) is 0 Å². The van der Waals surface area contributed by atoms with Crippen molar-refractivity contribution in [1.82, 2.24) is 4.98 Å². The summed E-state index contributed by atoms with van der Waals surface area (Å²) in [5.74, 6) is 0.629. The van der Waals surface area contributed by atoms with Crippen LogP contribution in [0.25, 0.3) is 11.1 Å². The lowest BCUT2D eigenvalue weighted by atomic mass is 10.1. The fourth-order valence-electron chi connectivity index (χ4n) is 2.86. The molecule has 1 fully saturated rings. The van der Waals surface area contributed by atoms with E-state index in [1.54, 1.807) is 18.2 Å². The van der Waals surface area contributed by atoms with Crippen LogP contribution in [0.4, 0.5) is 5.69 Å². The second-order valence-electron chi connectivity index (χ2n) is 5.51. The van der Waals surface area contributed by atoms with Gasteiger partial charge in [0.15, 0.2) is 15.4 Å². The highest BCUT2D eigenvalue weighted by Crippen LogP contribution is 2.27. The number of nitrogen functional groups attached to an aromatic ring is 1. The van der Waals surface area contributed by atoms with Gasteiger partial charge in [0, 0.05) is 0 Å². The Labute approximate surface area is 118 Å². The number of oxazole rings is 1. The number of anilines is 1. The van der Waals surface area contributed by atoms with Gasteiger partial charge in [-0.25, -0.2) is 13.4 Å². The highest BCUT2D eigenvalue weighted by Gasteiger charge is 2.24. The van der Waals surface area contributed by atoms with Crippen molar-refractivity contribution < 1.29 is 12.8 Å². The maximum atomic E-state index is 12.2. The van der Waals surface area contributed by atoms with Gasteiger partial charge in [-0.15, -0.1) is 0 Å². The molecule has 0 amide bonds. The molecular formula is C14H18N2O3S. The normalized spacial score (nSPS) is 17.0. The van der Waals surface area contributed by atoms with Crippen LogP contribution in [-0.2, 0) is 15.6 Å². The molecule has 2 aromatic rings. The summed E-state index contributed by atoms with van der Waals surface area (Å²) in [5, 5.41) is 0. The van der Waals surface area contributed by atoms with E-state index >= 15 is 0 Å². The molecule has 0 bridgehead atoms. The maximum Gasteiger partial charge on any atom is 0.210 e. The van der Waals surface area contributed by atoms with Crippen LogP contribution >= 0.6 is 0 Å². The molecule has 5 nitrogen and oxygen atoms in total. The van der Waals surface area contributed by atoms with Crippen molar-refractivity contribution in [2.24, 2.45) is 5.92 Å². The molecule has 1 aliphatic carbocycles. The van der Waals surface area contributed by atoms with Gasteiger partial charge in [-0.3, -0.25) is 0 Å². The second kappa shape index (κ2) is 5.09. The lowest BCUT2D eigenvalue weighted by molar-refractivity contribution is 0.529. The van der Waals surface area contributed by atoms with Crippen LogP contribution in [0.2, 0.25) is 0 Å². The van der Waals surface area contributed by atoms with Gasteiger partial charge in [0.05, 0.1) is 11.4 Å². The monoisotopic (exact) mass is 294 g/mol. The molecule has 1 aliphatic rings. The minimum Gasteiger partial charge on any atom is -0.439 e. The Bertz CT molecular complexity index is 715. The second-order valence-corrected chi connectivity index (χ2v) is 7.62. The maximum absolute atomic E-state index is 12.2. The van der Waals surface area contributed by atoms with Crippen LogP contribution in [0.15, 0.2) is 22.6 Å². The molecule has 1 aromatic carbocycles. The van der Waals surface area contributed by atoms with E-state index in [1.807, 2.05) is 0 Å². The molecule has 0 aliphatic heterocycles. The van der Waals surface area contributed by atoms with E-state index < -0.39 is 9.84 Å². The molecule has 1 aromatic heterocycles. The van der Waals surface area contributed by atoms with Gasteiger partial charge in [0.2, 0.25) is 5.89 Å². The van der Waals surface area contributed by atoms with E-state index in [-0.39, 0.29) is 17.4 Å². The van der Waals surface area contributed by atoms with E-state index in [1.165, 1.54) is 0 Å². The molecule has 0 unspecified atom stereocenters. The smallest absolute Gasteiger partial charge is 0.210 e. The zero-order chi connectivity index (χ0) is 14.2. The highest BCUT2D eigenvalue weighted by atomic mass is 32.2. The van der Waals surface area contributed by atoms with E-state index in [4.69, 9.17) is 10.2 Å². The lowest BCUT2D eigenvalue weighted by Gasteiger charge is -2.07. The number of hydrogen-bond donors (Lipinski definition) is 1. The van der Waals surface area contributed by atoms with E-state index in [0.29, 0.717) is 22.7 Å². The summed E-state index contributed by atoms with van der Waals surface area (Å²) in [6.07, 6.45) is 4.30. The third-order valence-corrected chi connectivity index (χ3v) is 5.47. The van der Waals surface area contributed by atoms with Crippen LogP contribution in [0.1, 0.15) is 31.6 Å². The fourth-order valence-corrected chi connectivity index (χ4v) is 4.53. The molecule has 0 radical (unpaired) electrons. The van der Waals surface area contributed by atoms with Crippen molar-refractivity contribution in [3.63, 3.8) is 0 Å². The first-order valence-electron chi connectivity index (χ1n) is 6.88. The predicted molar refractivity (Wildman–Crippen MR) is 77.9 cm³/mol. The van der Waals surface area contributed by atoms with E-state index in [9.17, 15) is 8.42 Å². The number of benzene rings is 1. The number of rotatable bonds is 4. The number of hydrogen-bond acceptors (Lipinski definition) is 5. The molecule has 1 saturated carbocycles. The first-order valence-corrected chi connectivity index (χ1v) is 8.70. The zero-order valence-corrected chi connectivity index (χ0v) is 12.0. The molecule has 6 heteroatoms. The van der Waals surface area contributed by atoms with Crippen molar-refractivity contribution in [2.45, 2.75) is 31.4 Å². The standard InChI is InChI=1S/C14H18N2O3S/c15-11-6-3-7-12-14(11)16-13(19-12)9-20(17,18)8-10-4-1-2-5-10/h3,6-7,10H,1-2,4-5,8-9,15H2. The molecule has 0 spiro atoms. The van der Waals surface area contributed by atoms with Crippen LogP contribution in [0.3, 0.4) is 0 Å². The van der Waals surface area contributed by atoms with E-state index in [2.05, 4.69) is 4.98 Å². The first kappa shape index (κ1) is 13.4. The predicted octanol–water partition coefficient (Wildman–Crippen LogP) is 2.52. The molecule has 3 rings (SSSR count). The number of para-hydroxylation sites is 1. The van der Waals surface area contributed by atoms with Crippen LogP contribution < -0.4 is 5.73 Å². The third-order valence-electron chi connectivity index (χ3n) is 3.80. The van der Waals surface area contributed by atoms with Crippen molar-refractivity contribution in [2.75, 3.05) is 11.5 Å². The van der Waals surface area contributed by atoms with Gasteiger partial charge in [-0.2, -0.15) is 0 Å². The Morgan fingerprint density at radius 1 is 1.30 bits per heavy atom. The Morgan fingerprint density at radius 2 is 2.05 bits per heavy atom. The van der Waals surface area contributed by atoms with Gasteiger partial charge in [-0.05, 0) is 30.9 Å². The number of nitrogens with zero attached hydrogens (tertiary/aromatic N) is 1. The average molecular weight is 294 g/mol. The van der Waals surface area contributed by atoms with Gasteiger partial charge < -0.3 is 10.2 Å². The quantitative estimate of drug-likeness (QED) is 0.876. The number of sulfone groups is 1. The van der Waals surface area contributed by atoms with Crippen molar-refractivity contribution in [3.05, 3.63) is 24.1 Å². The van der Waals surface area contributed by atoms with Gasteiger partial charge in [0.25, 0.3) is 0 Å². The molecule has 108 valence electrons. The molecule has 20 heavy (non-hydrogen) atoms. The number of nitrogens with two attached hydrogens (primary N) is 1. The van der Waals surface area contributed by atoms with Crippen LogP contribution in [0.5, 0.6) is 0 Å². The van der Waals surface area contributed by atoms with Gasteiger partial charge >= 0.3 is 0 Å². The van der Waals surface area contributed by atoms with Crippen molar-refractivity contribution in [3.8, 4) is 0 Å². The highest BCUT2D eigenvalue weighted by molar-refractivity contribution is 7.90. The van der Waals surface area contributed by atoms with Crippen molar-refractivity contribution >= 4 is 26.6 Å². The largest absolute Gasteiger partial charge is 0.439 e. The minimum absolute atomic E-state index is 0.141. The molecule has 2 N–H and O–H groups in total. The SMILES string of the molecule is Nc1cccc2oc(CS(=O)(=O)CC3CCCC3)nc12. The lowest BCUT2D eigenvalue weighted by Crippen LogP contribution is -2.15. The third kappa shape index (κ3) is 2.80. The molecule has 0 atom stereocenters. The molecule has 1 heterocycles. The Kier molecular flexibility index (Phi) is 3.41. The number of fused-ring (bicyclic) bond motifs is 1. The Balaban J connectivity index is 1.79. The van der Waals surface area contributed by atoms with Crippen LogP contribution in [-0.4, -0.2) is 19.2 Å². The summed E-state index contributed by atoms with van der Waals surface area (Å²) < 4.78 is 29.9. The fraction of sp³-hybridized carbons (Fsp3) is 0.500. The zero-order valence-electron chi connectivity index (χ0n) is 11.2. The summed E-state index contributed by atoms with van der Waals surface area (Å²) in [4.78, 5) is 4.20. The van der Waals surface area contributed by atoms with Crippen LogP contribution in [0, 0.1) is 5.92 Å². The Hall–Kier alpha value is -1.56. The summed E-state index contributed by atoms with van der Waals surface area (Å²) in [6.45, 7) is 0. The van der Waals surface area contributed by atoms with Gasteiger partial charge in [-0.1, -0.05) is 18.9 Å². The van der Waals surface area contributed by atoms with E-state index in [0.717, 1.165) is 25.7 Å². The molecular weight excluding hydrogens is 276 g/mol.